The molecule has 0 N–H and O–H groups in total. The van der Waals surface area contributed by atoms with Gasteiger partial charge in [-0.2, -0.15) is 8.42 Å². The van der Waals surface area contributed by atoms with Crippen LogP contribution < -0.4 is 4.89 Å². The molecule has 0 fully saturated rings. The Kier molecular flexibility index (Phi) is 4.99. The van der Waals surface area contributed by atoms with Gasteiger partial charge in [0.1, 0.15) is 0 Å². The normalized spacial score (nSPS) is 12.3. The Balaban J connectivity index is 4.32. The molecule has 0 unspecified atom stereocenters. The average Bonchev–Trinajstić information content (AvgIpc) is 2.01. The van der Waals surface area contributed by atoms with E-state index in [2.05, 4.69) is 22.3 Å². The molecule has 0 aromatic carbocycles. The molecule has 0 aromatic rings. The predicted octanol–water partition coefficient (Wildman–Crippen LogP) is -0.446. The van der Waals surface area contributed by atoms with Crippen molar-refractivity contribution in [3.8, 4) is 0 Å². The van der Waals surface area contributed by atoms with Crippen LogP contribution in [-0.2, 0) is 24.4 Å². The molecule has 81 valence electrons. The lowest BCUT2D eigenvalue weighted by atomic mass is 10.8. The lowest BCUT2D eigenvalue weighted by Crippen LogP contribution is -2.23. The summed E-state index contributed by atoms with van der Waals surface area (Å²) in [5.41, 5.74) is 0. The quantitative estimate of drug-likeness (QED) is 0.444. The van der Waals surface area contributed by atoms with E-state index in [0.29, 0.717) is 0 Å². The van der Waals surface area contributed by atoms with Crippen molar-refractivity contribution in [2.45, 2.75) is 0 Å². The highest BCUT2D eigenvalue weighted by Gasteiger charge is 2.17. The minimum atomic E-state index is -3.98. The van der Waals surface area contributed by atoms with E-state index in [1.807, 2.05) is 0 Å². The van der Waals surface area contributed by atoms with Crippen molar-refractivity contribution in [2.24, 2.45) is 0 Å². The minimum absolute atomic E-state index is 0.476. The maximum Gasteiger partial charge on any atom is 0.289 e. The zero-order valence-corrected chi connectivity index (χ0v) is 8.92. The van der Waals surface area contributed by atoms with Gasteiger partial charge in [0.15, 0.2) is 0 Å². The highest BCUT2D eigenvalue weighted by atomic mass is 32.2. The first-order valence-corrected chi connectivity index (χ1v) is 6.60. The topological polar surface area (TPSA) is 91.6 Å². The highest BCUT2D eigenvalue weighted by molar-refractivity contribution is 7.91. The Bertz CT molecular complexity index is 354. The molecule has 0 rings (SSSR count). The summed E-state index contributed by atoms with van der Waals surface area (Å²) in [6, 6.07) is 0. The van der Waals surface area contributed by atoms with Gasteiger partial charge in [-0.15, -0.1) is 17.4 Å². The first-order chi connectivity index (χ1) is 6.33. The summed E-state index contributed by atoms with van der Waals surface area (Å²) in [6.07, 6.45) is 2.13. The minimum Gasteiger partial charge on any atom is -0.208 e. The van der Waals surface area contributed by atoms with Crippen LogP contribution in [0.25, 0.3) is 0 Å². The van der Waals surface area contributed by atoms with E-state index in [1.165, 1.54) is 0 Å². The Hall–Kier alpha value is -0.700. The second kappa shape index (κ2) is 5.25. The molecule has 0 heterocycles. The molecule has 0 amide bonds. The fraction of sp³-hybridized carbons (Fsp3) is 0.333. The third-order valence-corrected chi connectivity index (χ3v) is 2.91. The summed E-state index contributed by atoms with van der Waals surface area (Å²) < 4.78 is 47.1. The predicted molar refractivity (Wildman–Crippen MR) is 51.2 cm³/mol. The van der Waals surface area contributed by atoms with Gasteiger partial charge < -0.3 is 0 Å². The molecule has 1 radical (unpaired) electrons. The van der Waals surface area contributed by atoms with Gasteiger partial charge in [-0.3, -0.25) is 0 Å². The lowest BCUT2D eigenvalue weighted by molar-refractivity contribution is 0.267. The van der Waals surface area contributed by atoms with Crippen LogP contribution in [0.2, 0.25) is 0 Å². The Morgan fingerprint density at radius 3 is 2.00 bits per heavy atom. The second-order valence-corrected chi connectivity index (χ2v) is 5.44. The molecule has 0 saturated heterocycles. The van der Waals surface area contributed by atoms with Gasteiger partial charge in [0, 0.05) is 0 Å². The molecular formula is C6H10NO5S2. The molecule has 0 spiro atoms. The van der Waals surface area contributed by atoms with Gasteiger partial charge in [0.25, 0.3) is 20.1 Å². The Morgan fingerprint density at radius 1 is 1.07 bits per heavy atom. The van der Waals surface area contributed by atoms with Crippen molar-refractivity contribution in [2.75, 3.05) is 11.5 Å². The Labute approximate surface area is 83.4 Å². The summed E-state index contributed by atoms with van der Waals surface area (Å²) in [7, 11) is -7.89. The Morgan fingerprint density at radius 2 is 1.57 bits per heavy atom. The van der Waals surface area contributed by atoms with Crippen LogP contribution in [0, 0.1) is 0 Å². The molecule has 0 aliphatic heterocycles. The van der Waals surface area contributed by atoms with E-state index in [-0.39, 0.29) is 0 Å². The molecular weight excluding hydrogens is 230 g/mol. The molecule has 0 aliphatic carbocycles. The van der Waals surface area contributed by atoms with E-state index >= 15 is 0 Å². The van der Waals surface area contributed by atoms with E-state index in [9.17, 15) is 16.8 Å². The van der Waals surface area contributed by atoms with Crippen molar-refractivity contribution >= 4 is 20.1 Å². The van der Waals surface area contributed by atoms with Crippen LogP contribution in [0.4, 0.5) is 0 Å². The van der Waals surface area contributed by atoms with Gasteiger partial charge in [0.2, 0.25) is 0 Å². The fourth-order valence-electron chi connectivity index (χ4n) is 0.447. The van der Waals surface area contributed by atoms with Gasteiger partial charge >= 0.3 is 0 Å². The van der Waals surface area contributed by atoms with Crippen LogP contribution in [0.3, 0.4) is 0 Å². The van der Waals surface area contributed by atoms with Crippen molar-refractivity contribution in [3.05, 3.63) is 25.3 Å². The SMILES string of the molecule is C=CCS(=O)(=O)[N]OS(=O)(=O)CC=C. The molecule has 8 heteroatoms. The van der Waals surface area contributed by atoms with Crippen molar-refractivity contribution in [1.82, 2.24) is 4.89 Å². The smallest absolute Gasteiger partial charge is 0.208 e. The molecule has 0 bridgehead atoms. The van der Waals surface area contributed by atoms with Crippen LogP contribution >= 0.6 is 0 Å². The number of rotatable bonds is 7. The van der Waals surface area contributed by atoms with E-state index in [0.717, 1.165) is 12.2 Å². The van der Waals surface area contributed by atoms with Crippen LogP contribution in [0.5, 0.6) is 0 Å². The average molecular weight is 240 g/mol. The van der Waals surface area contributed by atoms with Crippen molar-refractivity contribution in [1.29, 1.82) is 0 Å². The zero-order chi connectivity index (χ0) is 11.2. The van der Waals surface area contributed by atoms with Gasteiger partial charge in [0.05, 0.1) is 16.4 Å². The monoisotopic (exact) mass is 240 g/mol. The van der Waals surface area contributed by atoms with Crippen LogP contribution in [-0.4, -0.2) is 28.3 Å². The standard InChI is InChI=1S/C6H10NO5S2/c1-3-5-13(8,9)7-12-14(10,11)6-4-2/h3-4H,1-2,5-6H2. The molecule has 6 nitrogen and oxygen atoms in total. The van der Waals surface area contributed by atoms with E-state index in [4.69, 9.17) is 0 Å². The number of nitrogens with zero attached hydrogens (tertiary/aromatic N) is 1. The largest absolute Gasteiger partial charge is 0.289 e. The summed E-state index contributed by atoms with van der Waals surface area (Å²) in [4.78, 5) is 2.60. The summed E-state index contributed by atoms with van der Waals surface area (Å²) in [5, 5.41) is 0. The van der Waals surface area contributed by atoms with Crippen LogP contribution in [0.15, 0.2) is 25.3 Å². The van der Waals surface area contributed by atoms with Crippen LogP contribution in [0.1, 0.15) is 0 Å². The van der Waals surface area contributed by atoms with Crippen molar-refractivity contribution < 1.29 is 21.1 Å². The second-order valence-electron chi connectivity index (χ2n) is 2.20. The fourth-order valence-corrected chi connectivity index (χ4v) is 1.90. The van der Waals surface area contributed by atoms with E-state index in [1.54, 1.807) is 0 Å². The third kappa shape index (κ3) is 5.86. The first kappa shape index (κ1) is 13.3. The number of hydrogen-bond donors (Lipinski definition) is 0. The maximum atomic E-state index is 10.8. The van der Waals surface area contributed by atoms with Gasteiger partial charge in [-0.1, -0.05) is 12.2 Å². The highest BCUT2D eigenvalue weighted by Crippen LogP contribution is 1.95. The number of hydrogen-bond acceptors (Lipinski definition) is 5. The lowest BCUT2D eigenvalue weighted by Gasteiger charge is -2.00. The molecule has 0 aromatic heterocycles. The maximum absolute atomic E-state index is 10.8. The van der Waals surface area contributed by atoms with E-state index < -0.39 is 31.6 Å². The number of sulfonamides is 1. The van der Waals surface area contributed by atoms with Crippen molar-refractivity contribution in [3.63, 3.8) is 0 Å². The molecule has 0 atom stereocenters. The van der Waals surface area contributed by atoms with Gasteiger partial charge in [-0.05, 0) is 0 Å². The zero-order valence-electron chi connectivity index (χ0n) is 7.29. The third-order valence-electron chi connectivity index (χ3n) is 0.908. The summed E-state index contributed by atoms with van der Waals surface area (Å²) in [5.74, 6) is -0.975. The summed E-state index contributed by atoms with van der Waals surface area (Å²) >= 11 is 0. The van der Waals surface area contributed by atoms with Gasteiger partial charge in [-0.25, -0.2) is 8.42 Å². The summed E-state index contributed by atoms with van der Waals surface area (Å²) in [6.45, 7) is 6.33. The molecule has 14 heavy (non-hydrogen) atoms. The molecule has 0 saturated carbocycles. The molecule has 0 aliphatic rings. The first-order valence-electron chi connectivity index (χ1n) is 3.41.